The van der Waals surface area contributed by atoms with Gasteiger partial charge in [-0.25, -0.2) is 4.79 Å². The van der Waals surface area contributed by atoms with Gasteiger partial charge < -0.3 is 10.4 Å². The quantitative estimate of drug-likeness (QED) is 0.656. The van der Waals surface area contributed by atoms with E-state index in [4.69, 9.17) is 17.3 Å². The minimum atomic E-state index is -1.06. The van der Waals surface area contributed by atoms with Gasteiger partial charge in [-0.3, -0.25) is 5.32 Å². The van der Waals surface area contributed by atoms with Gasteiger partial charge in [-0.1, -0.05) is 18.3 Å². The maximum Gasteiger partial charge on any atom is 0.409 e. The number of amides is 1. The van der Waals surface area contributed by atoms with Gasteiger partial charge in [-0.15, -0.1) is 0 Å². The third-order valence-corrected chi connectivity index (χ3v) is 2.79. The van der Waals surface area contributed by atoms with Crippen molar-refractivity contribution < 1.29 is 9.90 Å². The van der Waals surface area contributed by atoms with E-state index < -0.39 is 6.09 Å². The molecule has 0 saturated carbocycles. The molecule has 1 aromatic carbocycles. The van der Waals surface area contributed by atoms with E-state index in [0.29, 0.717) is 5.69 Å². The molecule has 1 aliphatic rings. The molecule has 1 heterocycles. The monoisotopic (exact) mass is 236 g/mol. The normalized spacial score (nSPS) is 14.6. The zero-order chi connectivity index (χ0) is 11.5. The first-order valence-corrected chi connectivity index (χ1v) is 5.49. The highest BCUT2D eigenvalue weighted by molar-refractivity contribution is 7.80. The molecule has 0 atom stereocenters. The molecular weight excluding hydrogens is 224 g/mol. The van der Waals surface area contributed by atoms with Crippen molar-refractivity contribution in [1.29, 1.82) is 0 Å². The summed E-state index contributed by atoms with van der Waals surface area (Å²) in [7, 11) is 0. The van der Waals surface area contributed by atoms with E-state index >= 15 is 0 Å². The number of fused-ring (bicyclic) bond motifs is 1. The van der Waals surface area contributed by atoms with E-state index in [2.05, 4.69) is 10.6 Å². The van der Waals surface area contributed by atoms with Crippen LogP contribution in [0.3, 0.4) is 0 Å². The summed E-state index contributed by atoms with van der Waals surface area (Å²) in [6.45, 7) is 0. The first-order chi connectivity index (χ1) is 7.65. The predicted molar refractivity (Wildman–Crippen MR) is 67.2 cm³/mol. The Hall–Kier alpha value is -1.62. The van der Waals surface area contributed by atoms with Crippen LogP contribution in [0.15, 0.2) is 18.2 Å². The second-order valence-electron chi connectivity index (χ2n) is 3.70. The standard InChI is InChI=1S/C11H12N2O2S/c14-11(15)12-8-5-4-7-2-1-3-10(16)13-9(7)6-8/h4-6,12H,1-3H2,(H,13,16)(H,14,15). The predicted octanol–water partition coefficient (Wildman–Crippen LogP) is 2.85. The van der Waals surface area contributed by atoms with Crippen LogP contribution in [0.1, 0.15) is 18.4 Å². The Morgan fingerprint density at radius 1 is 1.44 bits per heavy atom. The number of hydrogen-bond donors (Lipinski definition) is 3. The Morgan fingerprint density at radius 3 is 3.00 bits per heavy atom. The van der Waals surface area contributed by atoms with Crippen molar-refractivity contribution in [3.05, 3.63) is 23.8 Å². The molecule has 4 nitrogen and oxygen atoms in total. The van der Waals surface area contributed by atoms with Gasteiger partial charge in [-0.05, 0) is 37.0 Å². The second-order valence-corrected chi connectivity index (χ2v) is 4.20. The summed E-state index contributed by atoms with van der Waals surface area (Å²) in [6.07, 6.45) is 1.82. The zero-order valence-electron chi connectivity index (χ0n) is 8.62. The topological polar surface area (TPSA) is 61.4 Å². The summed E-state index contributed by atoms with van der Waals surface area (Å²) in [5.74, 6) is 0. The summed E-state index contributed by atoms with van der Waals surface area (Å²) < 4.78 is 0. The smallest absolute Gasteiger partial charge is 0.409 e. The summed E-state index contributed by atoms with van der Waals surface area (Å²) in [4.78, 5) is 11.3. The fourth-order valence-corrected chi connectivity index (χ4v) is 2.02. The SMILES string of the molecule is O=C(O)Nc1ccc2c(c1)NC(=S)CCC2. The van der Waals surface area contributed by atoms with E-state index in [1.807, 2.05) is 6.07 Å². The van der Waals surface area contributed by atoms with Crippen molar-refractivity contribution in [2.75, 3.05) is 10.6 Å². The van der Waals surface area contributed by atoms with Crippen LogP contribution in [0.25, 0.3) is 0 Å². The van der Waals surface area contributed by atoms with Gasteiger partial charge in [0.05, 0.1) is 4.99 Å². The maximum absolute atomic E-state index is 10.5. The minimum Gasteiger partial charge on any atom is -0.465 e. The molecule has 0 aliphatic carbocycles. The molecule has 0 radical (unpaired) electrons. The first kappa shape index (κ1) is 10.9. The molecular formula is C11H12N2O2S. The van der Waals surface area contributed by atoms with Crippen LogP contribution in [-0.4, -0.2) is 16.2 Å². The molecule has 1 aliphatic heterocycles. The molecule has 2 rings (SSSR count). The van der Waals surface area contributed by atoms with Gasteiger partial charge in [0.2, 0.25) is 0 Å². The highest BCUT2D eigenvalue weighted by Crippen LogP contribution is 2.25. The Balaban J connectivity index is 2.29. The molecule has 1 amide bonds. The Labute approximate surface area is 98.7 Å². The Bertz CT molecular complexity index is 446. The molecule has 1 aromatic rings. The Kier molecular flexibility index (Phi) is 3.05. The summed E-state index contributed by atoms with van der Waals surface area (Å²) >= 11 is 5.15. The van der Waals surface area contributed by atoms with Crippen molar-refractivity contribution in [1.82, 2.24) is 0 Å². The minimum absolute atomic E-state index is 0.559. The van der Waals surface area contributed by atoms with Crippen LogP contribution in [-0.2, 0) is 6.42 Å². The number of nitrogens with one attached hydrogen (secondary N) is 2. The highest BCUT2D eigenvalue weighted by atomic mass is 32.1. The lowest BCUT2D eigenvalue weighted by Crippen LogP contribution is -2.09. The van der Waals surface area contributed by atoms with Crippen LogP contribution in [0.5, 0.6) is 0 Å². The van der Waals surface area contributed by atoms with Crippen molar-refractivity contribution in [2.24, 2.45) is 0 Å². The number of anilines is 2. The molecule has 0 bridgehead atoms. The van der Waals surface area contributed by atoms with Crippen molar-refractivity contribution >= 4 is 34.7 Å². The Morgan fingerprint density at radius 2 is 2.25 bits per heavy atom. The molecule has 0 fully saturated rings. The molecule has 16 heavy (non-hydrogen) atoms. The fraction of sp³-hybridized carbons (Fsp3) is 0.273. The molecule has 0 spiro atoms. The lowest BCUT2D eigenvalue weighted by molar-refractivity contribution is 0.210. The van der Waals surface area contributed by atoms with E-state index in [0.717, 1.165) is 29.9 Å². The number of hydrogen-bond acceptors (Lipinski definition) is 2. The molecule has 84 valence electrons. The number of aryl methyl sites for hydroxylation is 1. The fourth-order valence-electron chi connectivity index (χ4n) is 1.76. The van der Waals surface area contributed by atoms with Gasteiger partial charge in [0.1, 0.15) is 0 Å². The number of benzene rings is 1. The first-order valence-electron chi connectivity index (χ1n) is 5.08. The molecule has 3 N–H and O–H groups in total. The van der Waals surface area contributed by atoms with Gasteiger partial charge in [-0.2, -0.15) is 0 Å². The summed E-state index contributed by atoms with van der Waals surface area (Å²) in [6, 6.07) is 5.48. The van der Waals surface area contributed by atoms with Gasteiger partial charge in [0, 0.05) is 11.4 Å². The lowest BCUT2D eigenvalue weighted by Gasteiger charge is -2.09. The number of carboxylic acid groups (broad SMARTS) is 1. The zero-order valence-corrected chi connectivity index (χ0v) is 9.43. The molecule has 0 aromatic heterocycles. The van der Waals surface area contributed by atoms with Crippen LogP contribution < -0.4 is 10.6 Å². The van der Waals surface area contributed by atoms with Crippen LogP contribution >= 0.6 is 12.2 Å². The lowest BCUT2D eigenvalue weighted by atomic mass is 10.1. The summed E-state index contributed by atoms with van der Waals surface area (Å²) in [5, 5.41) is 14.1. The van der Waals surface area contributed by atoms with E-state index in [9.17, 15) is 4.79 Å². The third-order valence-electron chi connectivity index (χ3n) is 2.49. The van der Waals surface area contributed by atoms with Gasteiger partial charge in [0.25, 0.3) is 0 Å². The average Bonchev–Trinajstić information content (AvgIpc) is 2.37. The van der Waals surface area contributed by atoms with Crippen LogP contribution in [0.4, 0.5) is 16.2 Å². The summed E-state index contributed by atoms with van der Waals surface area (Å²) in [5.41, 5.74) is 2.65. The van der Waals surface area contributed by atoms with Gasteiger partial charge >= 0.3 is 6.09 Å². The molecule has 0 unspecified atom stereocenters. The number of rotatable bonds is 1. The van der Waals surface area contributed by atoms with Gasteiger partial charge in [0.15, 0.2) is 0 Å². The maximum atomic E-state index is 10.5. The average molecular weight is 236 g/mol. The van der Waals surface area contributed by atoms with E-state index in [1.54, 1.807) is 12.1 Å². The van der Waals surface area contributed by atoms with E-state index in [1.165, 1.54) is 5.56 Å². The number of thiocarbonyl (C=S) groups is 1. The van der Waals surface area contributed by atoms with Crippen LogP contribution in [0, 0.1) is 0 Å². The third kappa shape index (κ3) is 2.49. The second kappa shape index (κ2) is 4.49. The van der Waals surface area contributed by atoms with Crippen LogP contribution in [0.2, 0.25) is 0 Å². The number of carbonyl (C=O) groups is 1. The van der Waals surface area contributed by atoms with E-state index in [-0.39, 0.29) is 0 Å². The van der Waals surface area contributed by atoms with Crippen molar-refractivity contribution in [3.63, 3.8) is 0 Å². The largest absolute Gasteiger partial charge is 0.465 e. The highest BCUT2D eigenvalue weighted by Gasteiger charge is 2.11. The van der Waals surface area contributed by atoms with Crippen molar-refractivity contribution in [2.45, 2.75) is 19.3 Å². The molecule has 0 saturated heterocycles. The molecule has 5 heteroatoms. The van der Waals surface area contributed by atoms with Crippen molar-refractivity contribution in [3.8, 4) is 0 Å².